The molecule has 1 unspecified atom stereocenters. The second kappa shape index (κ2) is 7.21. The Morgan fingerprint density at radius 3 is 2.87 bits per heavy atom. The Hall–Kier alpha value is -2.44. The van der Waals surface area contributed by atoms with Crippen LogP contribution in [0.25, 0.3) is 10.6 Å². The van der Waals surface area contributed by atoms with Crippen molar-refractivity contribution in [3.05, 3.63) is 65.6 Å². The van der Waals surface area contributed by atoms with Crippen LogP contribution in [0.15, 0.2) is 58.7 Å². The molecule has 2 aromatic heterocycles. The summed E-state index contributed by atoms with van der Waals surface area (Å²) in [4.78, 5) is 16.4. The van der Waals surface area contributed by atoms with Crippen LogP contribution in [-0.2, 0) is 0 Å². The Bertz CT molecular complexity index is 753. The maximum Gasteiger partial charge on any atom is 0.270 e. The van der Waals surface area contributed by atoms with Gasteiger partial charge in [-0.05, 0) is 18.1 Å². The van der Waals surface area contributed by atoms with Crippen LogP contribution in [0.2, 0.25) is 0 Å². The van der Waals surface area contributed by atoms with E-state index >= 15 is 0 Å². The largest absolute Gasteiger partial charge is 0.472 e. The van der Waals surface area contributed by atoms with Gasteiger partial charge in [-0.3, -0.25) is 4.79 Å². The summed E-state index contributed by atoms with van der Waals surface area (Å²) in [5.74, 6) is -0.240. The lowest BCUT2D eigenvalue weighted by molar-refractivity contribution is 0.0938. The summed E-state index contributed by atoms with van der Waals surface area (Å²) in [6, 6.07) is 11.2. The molecule has 0 aliphatic carbocycles. The fraction of sp³-hybridized carbons (Fsp3) is 0.176. The Balaban J connectivity index is 1.52. The van der Waals surface area contributed by atoms with E-state index in [1.165, 1.54) is 11.3 Å². The molecule has 3 rings (SSSR count). The molecule has 1 atom stereocenters. The average molecular weight is 328 g/mol. The van der Waals surface area contributed by atoms with E-state index in [-0.39, 0.29) is 5.91 Å². The lowest BCUT2D eigenvalue weighted by Gasteiger charge is -2.11. The number of aliphatic hydroxyl groups is 1. The molecule has 0 fully saturated rings. The van der Waals surface area contributed by atoms with E-state index in [2.05, 4.69) is 10.3 Å². The highest BCUT2D eigenvalue weighted by Crippen LogP contribution is 2.23. The normalized spacial score (nSPS) is 12.0. The summed E-state index contributed by atoms with van der Waals surface area (Å²) in [5.41, 5.74) is 2.08. The summed E-state index contributed by atoms with van der Waals surface area (Å²) in [5, 5.41) is 15.3. The van der Waals surface area contributed by atoms with E-state index in [0.717, 1.165) is 16.1 Å². The van der Waals surface area contributed by atoms with Gasteiger partial charge in [0.1, 0.15) is 17.0 Å². The van der Waals surface area contributed by atoms with Crippen molar-refractivity contribution in [1.82, 2.24) is 10.3 Å². The van der Waals surface area contributed by atoms with Crippen molar-refractivity contribution in [2.45, 2.75) is 12.5 Å². The van der Waals surface area contributed by atoms with E-state index in [1.807, 2.05) is 30.3 Å². The smallest absolute Gasteiger partial charge is 0.270 e. The number of aromatic nitrogens is 1. The molecule has 0 aliphatic heterocycles. The lowest BCUT2D eigenvalue weighted by atomic mass is 10.1. The predicted molar refractivity (Wildman–Crippen MR) is 88.2 cm³/mol. The zero-order valence-electron chi connectivity index (χ0n) is 12.3. The van der Waals surface area contributed by atoms with Gasteiger partial charge in [-0.15, -0.1) is 11.3 Å². The first-order valence-electron chi connectivity index (χ1n) is 7.23. The van der Waals surface area contributed by atoms with Crippen molar-refractivity contribution in [2.75, 3.05) is 6.54 Å². The highest BCUT2D eigenvalue weighted by atomic mass is 32.1. The number of carbonyl (C=O) groups is 1. The van der Waals surface area contributed by atoms with E-state index in [1.54, 1.807) is 24.0 Å². The molecule has 0 saturated carbocycles. The van der Waals surface area contributed by atoms with Crippen molar-refractivity contribution in [3.63, 3.8) is 0 Å². The van der Waals surface area contributed by atoms with E-state index < -0.39 is 6.10 Å². The summed E-state index contributed by atoms with van der Waals surface area (Å²) < 4.78 is 5.01. The van der Waals surface area contributed by atoms with Gasteiger partial charge in [-0.2, -0.15) is 0 Å². The van der Waals surface area contributed by atoms with Gasteiger partial charge in [0, 0.05) is 17.5 Å². The summed E-state index contributed by atoms with van der Waals surface area (Å²) in [7, 11) is 0. The first-order valence-corrected chi connectivity index (χ1v) is 8.11. The molecule has 0 aliphatic rings. The first kappa shape index (κ1) is 15.5. The average Bonchev–Trinajstić information content (AvgIpc) is 3.26. The predicted octanol–water partition coefficient (Wildman–Crippen LogP) is 3.26. The molecule has 2 N–H and O–H groups in total. The van der Waals surface area contributed by atoms with Crippen LogP contribution in [-0.4, -0.2) is 22.5 Å². The molecule has 118 valence electrons. The molecule has 0 spiro atoms. The van der Waals surface area contributed by atoms with Crippen molar-refractivity contribution in [3.8, 4) is 10.6 Å². The number of hydrogen-bond donors (Lipinski definition) is 2. The Morgan fingerprint density at radius 1 is 1.30 bits per heavy atom. The molecule has 0 bridgehead atoms. The topological polar surface area (TPSA) is 75.4 Å². The van der Waals surface area contributed by atoms with Crippen LogP contribution in [0.4, 0.5) is 0 Å². The van der Waals surface area contributed by atoms with Crippen LogP contribution >= 0.6 is 11.3 Å². The number of benzene rings is 1. The molecule has 0 saturated heterocycles. The third kappa shape index (κ3) is 3.85. The SMILES string of the molecule is O=C(NCCC(O)c1ccccc1)c1csc(-c2ccoc2)n1. The molecule has 23 heavy (non-hydrogen) atoms. The summed E-state index contributed by atoms with van der Waals surface area (Å²) >= 11 is 1.39. The van der Waals surface area contributed by atoms with Crippen LogP contribution in [0.5, 0.6) is 0 Å². The minimum absolute atomic E-state index is 0.240. The highest BCUT2D eigenvalue weighted by Gasteiger charge is 2.13. The second-order valence-corrected chi connectivity index (χ2v) is 5.88. The van der Waals surface area contributed by atoms with Crippen molar-refractivity contribution in [1.29, 1.82) is 0 Å². The first-order chi connectivity index (χ1) is 11.2. The standard InChI is InChI=1S/C17H16N2O3S/c20-15(12-4-2-1-3-5-12)6-8-18-16(21)14-11-23-17(19-14)13-7-9-22-10-13/h1-5,7,9-11,15,20H,6,8H2,(H,18,21). The zero-order valence-corrected chi connectivity index (χ0v) is 13.1. The van der Waals surface area contributed by atoms with E-state index in [4.69, 9.17) is 4.42 Å². The number of nitrogens with zero attached hydrogens (tertiary/aromatic N) is 1. The molecule has 6 heteroatoms. The van der Waals surface area contributed by atoms with Gasteiger partial charge in [0.25, 0.3) is 5.91 Å². The third-order valence-corrected chi connectivity index (χ3v) is 4.28. The minimum atomic E-state index is -0.589. The monoisotopic (exact) mass is 328 g/mol. The highest BCUT2D eigenvalue weighted by molar-refractivity contribution is 7.13. The molecule has 5 nitrogen and oxygen atoms in total. The number of aliphatic hydroxyl groups excluding tert-OH is 1. The van der Waals surface area contributed by atoms with E-state index in [9.17, 15) is 9.90 Å². The molecule has 3 aromatic rings. The summed E-state index contributed by atoms with van der Waals surface area (Å²) in [6.45, 7) is 0.382. The van der Waals surface area contributed by atoms with Crippen LogP contribution in [0, 0.1) is 0 Å². The van der Waals surface area contributed by atoms with Crippen LogP contribution in [0.3, 0.4) is 0 Å². The van der Waals surface area contributed by atoms with Gasteiger partial charge in [0.2, 0.25) is 0 Å². The van der Waals surface area contributed by atoms with Crippen molar-refractivity contribution >= 4 is 17.2 Å². The maximum absolute atomic E-state index is 12.1. The number of nitrogens with one attached hydrogen (secondary N) is 1. The van der Waals surface area contributed by atoms with Crippen LogP contribution < -0.4 is 5.32 Å². The van der Waals surface area contributed by atoms with Crippen LogP contribution in [0.1, 0.15) is 28.6 Å². The quantitative estimate of drug-likeness (QED) is 0.728. The molecule has 0 radical (unpaired) electrons. The van der Waals surface area contributed by atoms with Crippen molar-refractivity contribution in [2.24, 2.45) is 0 Å². The van der Waals surface area contributed by atoms with Gasteiger partial charge in [-0.25, -0.2) is 4.98 Å². The Kier molecular flexibility index (Phi) is 4.85. The lowest BCUT2D eigenvalue weighted by Crippen LogP contribution is -2.25. The second-order valence-electron chi connectivity index (χ2n) is 5.02. The fourth-order valence-electron chi connectivity index (χ4n) is 2.15. The zero-order chi connectivity index (χ0) is 16.1. The molecular formula is C17H16N2O3S. The molecule has 1 aromatic carbocycles. The third-order valence-electron chi connectivity index (χ3n) is 3.39. The van der Waals surface area contributed by atoms with Gasteiger partial charge in [-0.1, -0.05) is 30.3 Å². The fourth-order valence-corrected chi connectivity index (χ4v) is 2.94. The van der Waals surface area contributed by atoms with Gasteiger partial charge in [0.05, 0.1) is 12.4 Å². The van der Waals surface area contributed by atoms with Gasteiger partial charge >= 0.3 is 0 Å². The number of thiazole rings is 1. The number of hydrogen-bond acceptors (Lipinski definition) is 5. The number of rotatable bonds is 6. The minimum Gasteiger partial charge on any atom is -0.472 e. The Morgan fingerprint density at radius 2 is 2.13 bits per heavy atom. The number of amides is 1. The molecular weight excluding hydrogens is 312 g/mol. The Labute approximate surface area is 137 Å². The number of furan rings is 1. The maximum atomic E-state index is 12.1. The summed E-state index contributed by atoms with van der Waals surface area (Å²) in [6.07, 6.45) is 3.03. The number of carbonyl (C=O) groups excluding carboxylic acids is 1. The van der Waals surface area contributed by atoms with E-state index in [0.29, 0.717) is 18.7 Å². The molecule has 2 heterocycles. The van der Waals surface area contributed by atoms with Gasteiger partial charge in [0.15, 0.2) is 0 Å². The van der Waals surface area contributed by atoms with Crippen molar-refractivity contribution < 1.29 is 14.3 Å². The van der Waals surface area contributed by atoms with Gasteiger partial charge < -0.3 is 14.8 Å². The molecule has 1 amide bonds.